The lowest BCUT2D eigenvalue weighted by Crippen LogP contribution is -2.33. The molecule has 1 aliphatic rings. The fourth-order valence-corrected chi connectivity index (χ4v) is 2.52. The number of hydrogen-bond acceptors (Lipinski definition) is 6. The molecule has 0 amide bonds. The summed E-state index contributed by atoms with van der Waals surface area (Å²) in [7, 11) is 2.03. The molecule has 0 bridgehead atoms. The number of nitrogens with two attached hydrogens (primary N) is 1. The van der Waals surface area contributed by atoms with Crippen molar-refractivity contribution in [3.05, 3.63) is 0 Å². The maximum absolute atomic E-state index is 5.72. The van der Waals surface area contributed by atoms with Gasteiger partial charge in [-0.25, -0.2) is 0 Å². The van der Waals surface area contributed by atoms with Crippen molar-refractivity contribution in [2.45, 2.75) is 51.5 Å². The van der Waals surface area contributed by atoms with Gasteiger partial charge in [-0.05, 0) is 19.8 Å². The molecule has 0 saturated heterocycles. The molecule has 1 aromatic rings. The van der Waals surface area contributed by atoms with Gasteiger partial charge in [-0.1, -0.05) is 25.7 Å². The highest BCUT2D eigenvalue weighted by Gasteiger charge is 2.20. The largest absolute Gasteiger partial charge is 0.464 e. The monoisotopic (exact) mass is 265 g/mol. The number of ether oxygens (including phenoxy) is 1. The summed E-state index contributed by atoms with van der Waals surface area (Å²) in [5, 5.41) is 0. The first kappa shape index (κ1) is 13.8. The van der Waals surface area contributed by atoms with Crippen molar-refractivity contribution in [2.24, 2.45) is 0 Å². The van der Waals surface area contributed by atoms with Gasteiger partial charge in [-0.2, -0.15) is 15.0 Å². The van der Waals surface area contributed by atoms with Crippen molar-refractivity contribution >= 4 is 11.9 Å². The van der Waals surface area contributed by atoms with E-state index in [0.717, 1.165) is 0 Å². The van der Waals surface area contributed by atoms with Gasteiger partial charge in [0, 0.05) is 13.1 Å². The quantitative estimate of drug-likeness (QED) is 0.839. The first-order valence-electron chi connectivity index (χ1n) is 7.08. The predicted molar refractivity (Wildman–Crippen MR) is 75.3 cm³/mol. The zero-order valence-corrected chi connectivity index (χ0v) is 11.8. The van der Waals surface area contributed by atoms with Gasteiger partial charge in [0.25, 0.3) is 0 Å². The van der Waals surface area contributed by atoms with E-state index in [1.54, 1.807) is 0 Å². The van der Waals surface area contributed by atoms with E-state index in [2.05, 4.69) is 19.9 Å². The minimum atomic E-state index is 0.217. The molecule has 1 aliphatic carbocycles. The molecule has 2 N–H and O–H groups in total. The van der Waals surface area contributed by atoms with Crippen LogP contribution in [-0.4, -0.2) is 34.6 Å². The van der Waals surface area contributed by atoms with Crippen molar-refractivity contribution in [3.63, 3.8) is 0 Å². The zero-order chi connectivity index (χ0) is 13.7. The molecule has 1 heterocycles. The van der Waals surface area contributed by atoms with Crippen LogP contribution in [0.15, 0.2) is 0 Å². The molecule has 6 heteroatoms. The molecule has 19 heavy (non-hydrogen) atoms. The van der Waals surface area contributed by atoms with E-state index in [9.17, 15) is 0 Å². The first-order valence-corrected chi connectivity index (χ1v) is 7.08. The second kappa shape index (κ2) is 6.54. The fourth-order valence-electron chi connectivity index (χ4n) is 2.52. The van der Waals surface area contributed by atoms with E-state index >= 15 is 0 Å². The van der Waals surface area contributed by atoms with Crippen molar-refractivity contribution in [2.75, 3.05) is 24.3 Å². The van der Waals surface area contributed by atoms with Gasteiger partial charge < -0.3 is 15.4 Å². The Morgan fingerprint density at radius 1 is 1.16 bits per heavy atom. The van der Waals surface area contributed by atoms with E-state index < -0.39 is 0 Å². The highest BCUT2D eigenvalue weighted by atomic mass is 16.5. The van der Waals surface area contributed by atoms with Crippen LogP contribution >= 0.6 is 0 Å². The lowest BCUT2D eigenvalue weighted by Gasteiger charge is -2.27. The van der Waals surface area contributed by atoms with Gasteiger partial charge in [0.2, 0.25) is 11.9 Å². The van der Waals surface area contributed by atoms with Gasteiger partial charge in [-0.3, -0.25) is 0 Å². The summed E-state index contributed by atoms with van der Waals surface area (Å²) in [4.78, 5) is 14.6. The standard InChI is InChI=1S/C13H23N5O/c1-3-19-13-16-11(14)15-12(17-13)18(2)10-8-6-4-5-7-9-10/h10H,3-9H2,1-2H3,(H2,14,15,16,17). The molecule has 0 unspecified atom stereocenters. The van der Waals surface area contributed by atoms with Crippen LogP contribution < -0.4 is 15.4 Å². The Morgan fingerprint density at radius 2 is 1.84 bits per heavy atom. The third-order valence-electron chi connectivity index (χ3n) is 3.58. The fraction of sp³-hybridized carbons (Fsp3) is 0.769. The normalized spacial score (nSPS) is 16.9. The molecule has 1 aromatic heterocycles. The lowest BCUT2D eigenvalue weighted by atomic mass is 10.1. The molecule has 106 valence electrons. The van der Waals surface area contributed by atoms with Crippen LogP contribution in [0, 0.1) is 0 Å². The summed E-state index contributed by atoms with van der Waals surface area (Å²) in [6, 6.07) is 0.796. The number of nitrogens with zero attached hydrogens (tertiary/aromatic N) is 4. The molecular formula is C13H23N5O. The van der Waals surface area contributed by atoms with Crippen LogP contribution in [0.1, 0.15) is 45.4 Å². The Bertz CT molecular complexity index is 404. The summed E-state index contributed by atoms with van der Waals surface area (Å²) >= 11 is 0. The Morgan fingerprint density at radius 3 is 2.47 bits per heavy atom. The van der Waals surface area contributed by atoms with Crippen LogP contribution in [0.2, 0.25) is 0 Å². The number of nitrogen functional groups attached to an aromatic ring is 1. The Balaban J connectivity index is 2.14. The van der Waals surface area contributed by atoms with Crippen LogP contribution in [-0.2, 0) is 0 Å². The van der Waals surface area contributed by atoms with Gasteiger partial charge in [0.05, 0.1) is 6.61 Å². The van der Waals surface area contributed by atoms with Gasteiger partial charge in [0.1, 0.15) is 0 Å². The van der Waals surface area contributed by atoms with Crippen LogP contribution in [0.25, 0.3) is 0 Å². The highest BCUT2D eigenvalue weighted by molar-refractivity contribution is 5.36. The number of rotatable bonds is 4. The molecule has 0 radical (unpaired) electrons. The summed E-state index contributed by atoms with van der Waals surface area (Å²) in [5.74, 6) is 0.830. The second-order valence-electron chi connectivity index (χ2n) is 4.97. The zero-order valence-electron chi connectivity index (χ0n) is 11.8. The Hall–Kier alpha value is -1.59. The minimum Gasteiger partial charge on any atom is -0.464 e. The van der Waals surface area contributed by atoms with E-state index in [0.29, 0.717) is 24.6 Å². The number of anilines is 2. The molecule has 2 rings (SSSR count). The Kier molecular flexibility index (Phi) is 4.76. The number of hydrogen-bond donors (Lipinski definition) is 1. The van der Waals surface area contributed by atoms with Crippen molar-refractivity contribution in [1.82, 2.24) is 15.0 Å². The van der Waals surface area contributed by atoms with Crippen LogP contribution in [0.5, 0.6) is 6.01 Å². The smallest absolute Gasteiger partial charge is 0.323 e. The maximum atomic E-state index is 5.72. The van der Waals surface area contributed by atoms with Crippen molar-refractivity contribution < 1.29 is 4.74 Å². The summed E-state index contributed by atoms with van der Waals surface area (Å²) in [6.07, 6.45) is 7.57. The molecule has 1 fully saturated rings. The van der Waals surface area contributed by atoms with E-state index in [1.165, 1.54) is 38.5 Å². The van der Waals surface area contributed by atoms with E-state index in [1.807, 2.05) is 14.0 Å². The second-order valence-corrected chi connectivity index (χ2v) is 4.97. The average Bonchev–Trinajstić information content (AvgIpc) is 2.66. The molecular weight excluding hydrogens is 242 g/mol. The lowest BCUT2D eigenvalue weighted by molar-refractivity contribution is 0.312. The van der Waals surface area contributed by atoms with Crippen LogP contribution in [0.3, 0.4) is 0 Å². The average molecular weight is 265 g/mol. The summed E-state index contributed by atoms with van der Waals surface area (Å²) in [5.41, 5.74) is 5.72. The Labute approximate surface area is 114 Å². The highest BCUT2D eigenvalue weighted by Crippen LogP contribution is 2.24. The summed E-state index contributed by atoms with van der Waals surface area (Å²) < 4.78 is 5.32. The first-order chi connectivity index (χ1) is 9.20. The third-order valence-corrected chi connectivity index (χ3v) is 3.58. The molecule has 1 saturated carbocycles. The summed E-state index contributed by atoms with van der Waals surface area (Å²) in [6.45, 7) is 2.42. The van der Waals surface area contributed by atoms with Crippen LogP contribution in [0.4, 0.5) is 11.9 Å². The maximum Gasteiger partial charge on any atom is 0.323 e. The van der Waals surface area contributed by atoms with Gasteiger partial charge in [0.15, 0.2) is 0 Å². The van der Waals surface area contributed by atoms with Crippen molar-refractivity contribution in [1.29, 1.82) is 0 Å². The van der Waals surface area contributed by atoms with Gasteiger partial charge in [-0.15, -0.1) is 0 Å². The molecule has 0 spiro atoms. The van der Waals surface area contributed by atoms with Gasteiger partial charge >= 0.3 is 6.01 Å². The molecule has 0 aliphatic heterocycles. The minimum absolute atomic E-state index is 0.217. The van der Waals surface area contributed by atoms with Crippen molar-refractivity contribution in [3.8, 4) is 6.01 Å². The van der Waals surface area contributed by atoms with E-state index in [-0.39, 0.29) is 5.95 Å². The third kappa shape index (κ3) is 3.68. The predicted octanol–water partition coefficient (Wildman–Crippen LogP) is 2.01. The molecule has 0 atom stereocenters. The molecule has 0 aromatic carbocycles. The van der Waals surface area contributed by atoms with E-state index in [4.69, 9.17) is 10.5 Å². The SMILES string of the molecule is CCOc1nc(N)nc(N(C)C2CCCCCC2)n1. The number of aromatic nitrogens is 3. The topological polar surface area (TPSA) is 77.2 Å². The molecule has 6 nitrogen and oxygen atoms in total.